The molecule has 0 bridgehead atoms. The van der Waals surface area contributed by atoms with Gasteiger partial charge in [0.15, 0.2) is 5.82 Å². The molecule has 0 saturated heterocycles. The van der Waals surface area contributed by atoms with Gasteiger partial charge in [0.1, 0.15) is 0 Å². The molecule has 0 spiro atoms. The van der Waals surface area contributed by atoms with E-state index in [0.29, 0.717) is 23.4 Å². The number of hydrogen-bond donors (Lipinski definition) is 0. The van der Waals surface area contributed by atoms with Gasteiger partial charge in [-0.15, -0.1) is 0 Å². The highest BCUT2D eigenvalue weighted by molar-refractivity contribution is 6.30. The van der Waals surface area contributed by atoms with Crippen LogP contribution in [-0.2, 0) is 4.74 Å². The summed E-state index contributed by atoms with van der Waals surface area (Å²) in [4.78, 5) is 8.74. The van der Waals surface area contributed by atoms with Crippen molar-refractivity contribution < 1.29 is 4.74 Å². The Morgan fingerprint density at radius 3 is 2.61 bits per heavy atom. The summed E-state index contributed by atoms with van der Waals surface area (Å²) < 4.78 is 5.12. The molecule has 0 aliphatic rings. The van der Waals surface area contributed by atoms with Crippen LogP contribution < -0.4 is 0 Å². The van der Waals surface area contributed by atoms with Gasteiger partial charge in [0.05, 0.1) is 6.61 Å². The van der Waals surface area contributed by atoms with Crippen LogP contribution in [0.25, 0.3) is 11.4 Å². The molecule has 1 heterocycles. The van der Waals surface area contributed by atoms with Crippen LogP contribution in [-0.4, -0.2) is 23.7 Å². The number of aromatic nitrogens is 2. The molecule has 1 aromatic heterocycles. The molecule has 1 unspecified atom stereocenters. The molecule has 0 radical (unpaired) electrons. The lowest BCUT2D eigenvalue weighted by molar-refractivity contribution is 0.184. The minimum Gasteiger partial charge on any atom is -0.384 e. The molecule has 3 nitrogen and oxygen atoms in total. The zero-order valence-electron chi connectivity index (χ0n) is 10.4. The third-order valence-electron chi connectivity index (χ3n) is 2.74. The maximum Gasteiger partial charge on any atom is 0.159 e. The Kier molecular flexibility index (Phi) is 4.28. The van der Waals surface area contributed by atoms with Gasteiger partial charge in [0, 0.05) is 36.0 Å². The van der Waals surface area contributed by atoms with Crippen molar-refractivity contribution >= 4 is 11.6 Å². The second kappa shape index (κ2) is 5.94. The van der Waals surface area contributed by atoms with E-state index in [2.05, 4.69) is 16.9 Å². The van der Waals surface area contributed by atoms with Gasteiger partial charge in [-0.2, -0.15) is 0 Å². The Morgan fingerprint density at radius 2 is 2.00 bits per heavy atom. The topological polar surface area (TPSA) is 35.0 Å². The van der Waals surface area contributed by atoms with E-state index in [-0.39, 0.29) is 0 Å². The number of rotatable bonds is 4. The SMILES string of the molecule is COCC(C)c1cnc(-c2cccc(Cl)c2)nc1. The van der Waals surface area contributed by atoms with Crippen LogP contribution >= 0.6 is 11.6 Å². The fourth-order valence-corrected chi connectivity index (χ4v) is 1.91. The van der Waals surface area contributed by atoms with Gasteiger partial charge < -0.3 is 4.74 Å². The zero-order valence-corrected chi connectivity index (χ0v) is 11.2. The normalized spacial score (nSPS) is 12.4. The molecule has 0 aliphatic heterocycles. The summed E-state index contributed by atoms with van der Waals surface area (Å²) in [7, 11) is 1.69. The van der Waals surface area contributed by atoms with Crippen LogP contribution in [0.15, 0.2) is 36.7 Å². The van der Waals surface area contributed by atoms with Crippen LogP contribution in [0.3, 0.4) is 0 Å². The van der Waals surface area contributed by atoms with Crippen LogP contribution in [0.2, 0.25) is 5.02 Å². The first-order valence-electron chi connectivity index (χ1n) is 5.77. The summed E-state index contributed by atoms with van der Waals surface area (Å²) in [6.07, 6.45) is 3.68. The minimum atomic E-state index is 0.295. The number of methoxy groups -OCH3 is 1. The van der Waals surface area contributed by atoms with E-state index in [1.165, 1.54) is 0 Å². The molecule has 0 aliphatic carbocycles. The maximum atomic E-state index is 5.95. The molecular weight excluding hydrogens is 248 g/mol. The van der Waals surface area contributed by atoms with Crippen molar-refractivity contribution in [1.29, 1.82) is 0 Å². The average Bonchev–Trinajstić information content (AvgIpc) is 2.39. The molecule has 1 aromatic carbocycles. The Bertz CT molecular complexity index is 513. The lowest BCUT2D eigenvalue weighted by Crippen LogP contribution is -2.03. The summed E-state index contributed by atoms with van der Waals surface area (Å²) in [6, 6.07) is 7.52. The number of ether oxygens (including phenoxy) is 1. The van der Waals surface area contributed by atoms with E-state index >= 15 is 0 Å². The number of hydrogen-bond acceptors (Lipinski definition) is 3. The second-order valence-corrected chi connectivity index (χ2v) is 4.64. The number of halogens is 1. The first-order chi connectivity index (χ1) is 8.70. The van der Waals surface area contributed by atoms with Crippen LogP contribution in [0.1, 0.15) is 18.4 Å². The van der Waals surface area contributed by atoms with Gasteiger partial charge in [-0.3, -0.25) is 0 Å². The van der Waals surface area contributed by atoms with Crippen LogP contribution in [0, 0.1) is 0 Å². The van der Waals surface area contributed by atoms with E-state index in [1.54, 1.807) is 7.11 Å². The highest BCUT2D eigenvalue weighted by Crippen LogP contribution is 2.20. The summed E-state index contributed by atoms with van der Waals surface area (Å²) in [5.41, 5.74) is 2.00. The lowest BCUT2D eigenvalue weighted by Gasteiger charge is -2.10. The summed E-state index contributed by atoms with van der Waals surface area (Å²) in [5.74, 6) is 0.981. The number of nitrogens with zero attached hydrogens (tertiary/aromatic N) is 2. The van der Waals surface area contributed by atoms with Gasteiger partial charge in [0.2, 0.25) is 0 Å². The Morgan fingerprint density at radius 1 is 1.28 bits per heavy atom. The van der Waals surface area contributed by atoms with Gasteiger partial charge in [0.25, 0.3) is 0 Å². The summed E-state index contributed by atoms with van der Waals surface area (Å²) in [5, 5.41) is 0.688. The quantitative estimate of drug-likeness (QED) is 0.845. The van der Waals surface area contributed by atoms with Crippen molar-refractivity contribution in [2.45, 2.75) is 12.8 Å². The van der Waals surface area contributed by atoms with Crippen molar-refractivity contribution in [2.24, 2.45) is 0 Å². The first kappa shape index (κ1) is 13.0. The van der Waals surface area contributed by atoms with Crippen molar-refractivity contribution in [2.75, 3.05) is 13.7 Å². The summed E-state index contributed by atoms with van der Waals surface area (Å²) in [6.45, 7) is 2.75. The second-order valence-electron chi connectivity index (χ2n) is 4.21. The predicted octanol–water partition coefficient (Wildman–Crippen LogP) is 3.55. The molecule has 2 aromatic rings. The van der Waals surface area contributed by atoms with Crippen LogP contribution in [0.5, 0.6) is 0 Å². The highest BCUT2D eigenvalue weighted by atomic mass is 35.5. The van der Waals surface area contributed by atoms with Gasteiger partial charge in [-0.1, -0.05) is 30.7 Å². The minimum absolute atomic E-state index is 0.295. The standard InChI is InChI=1S/C14H15ClN2O/c1-10(9-18-2)12-7-16-14(17-8-12)11-4-3-5-13(15)6-11/h3-8,10H,9H2,1-2H3. The lowest BCUT2D eigenvalue weighted by atomic mass is 10.1. The summed E-state index contributed by atoms with van der Waals surface area (Å²) >= 11 is 5.95. The van der Waals surface area contributed by atoms with Crippen molar-refractivity contribution in [3.63, 3.8) is 0 Å². The Labute approximate surface area is 112 Å². The molecule has 4 heteroatoms. The van der Waals surface area contributed by atoms with Crippen LogP contribution in [0.4, 0.5) is 0 Å². The van der Waals surface area contributed by atoms with E-state index in [4.69, 9.17) is 16.3 Å². The van der Waals surface area contributed by atoms with Crippen molar-refractivity contribution in [3.8, 4) is 11.4 Å². The Balaban J connectivity index is 2.22. The fourth-order valence-electron chi connectivity index (χ4n) is 1.72. The average molecular weight is 263 g/mol. The zero-order chi connectivity index (χ0) is 13.0. The molecule has 0 fully saturated rings. The first-order valence-corrected chi connectivity index (χ1v) is 6.15. The fraction of sp³-hybridized carbons (Fsp3) is 0.286. The van der Waals surface area contributed by atoms with E-state index in [1.807, 2.05) is 36.7 Å². The third-order valence-corrected chi connectivity index (χ3v) is 2.98. The molecule has 0 saturated carbocycles. The van der Waals surface area contributed by atoms with E-state index in [9.17, 15) is 0 Å². The van der Waals surface area contributed by atoms with Crippen molar-refractivity contribution in [1.82, 2.24) is 9.97 Å². The van der Waals surface area contributed by atoms with Crippen molar-refractivity contribution in [3.05, 3.63) is 47.2 Å². The molecule has 18 heavy (non-hydrogen) atoms. The molecular formula is C14H15ClN2O. The Hall–Kier alpha value is -1.45. The smallest absolute Gasteiger partial charge is 0.159 e. The molecule has 2 rings (SSSR count). The van der Waals surface area contributed by atoms with E-state index in [0.717, 1.165) is 11.1 Å². The molecule has 94 valence electrons. The molecule has 0 N–H and O–H groups in total. The number of benzene rings is 1. The van der Waals surface area contributed by atoms with E-state index < -0.39 is 0 Å². The van der Waals surface area contributed by atoms with Gasteiger partial charge >= 0.3 is 0 Å². The maximum absolute atomic E-state index is 5.95. The predicted molar refractivity (Wildman–Crippen MR) is 72.8 cm³/mol. The molecule has 0 amide bonds. The highest BCUT2D eigenvalue weighted by Gasteiger charge is 2.07. The largest absolute Gasteiger partial charge is 0.384 e. The third kappa shape index (κ3) is 3.06. The van der Waals surface area contributed by atoms with Gasteiger partial charge in [-0.05, 0) is 17.7 Å². The molecule has 1 atom stereocenters. The monoisotopic (exact) mass is 262 g/mol. The van der Waals surface area contributed by atoms with Gasteiger partial charge in [-0.25, -0.2) is 9.97 Å².